The van der Waals surface area contributed by atoms with Gasteiger partial charge in [-0.1, -0.05) is 0 Å². The predicted molar refractivity (Wildman–Crippen MR) is 70.6 cm³/mol. The highest BCUT2D eigenvalue weighted by molar-refractivity contribution is 5.96. The molecule has 0 amide bonds. The lowest BCUT2D eigenvalue weighted by Crippen LogP contribution is -1.96. The first-order valence-electron chi connectivity index (χ1n) is 5.66. The third kappa shape index (κ3) is 1.89. The normalized spacial score (nSPS) is 10.4. The van der Waals surface area contributed by atoms with Crippen molar-refractivity contribution in [2.75, 3.05) is 11.1 Å². The number of aromatic nitrogens is 2. The second-order valence-electron chi connectivity index (χ2n) is 4.10. The number of anilines is 3. The summed E-state index contributed by atoms with van der Waals surface area (Å²) in [5.74, 6) is -0.537. The molecule has 0 unspecified atom stereocenters. The number of benzene rings is 2. The van der Waals surface area contributed by atoms with E-state index in [1.165, 1.54) is 12.1 Å². The maximum absolute atomic E-state index is 13.8. The summed E-state index contributed by atoms with van der Waals surface area (Å²) < 4.78 is 18.5. The van der Waals surface area contributed by atoms with Crippen LogP contribution < -0.4 is 11.1 Å². The van der Waals surface area contributed by atoms with Gasteiger partial charge in [-0.25, -0.2) is 9.02 Å². The lowest BCUT2D eigenvalue weighted by Gasteiger charge is -2.08. The van der Waals surface area contributed by atoms with Gasteiger partial charge in [0.25, 0.3) is 0 Å². The van der Waals surface area contributed by atoms with Crippen molar-refractivity contribution in [3.05, 3.63) is 41.7 Å². The van der Waals surface area contributed by atoms with E-state index in [0.29, 0.717) is 22.4 Å². The van der Waals surface area contributed by atoms with E-state index >= 15 is 0 Å². The van der Waals surface area contributed by atoms with Crippen LogP contribution in [0, 0.1) is 17.1 Å². The fourth-order valence-electron chi connectivity index (χ4n) is 1.82. The Bertz CT molecular complexity index is 836. The lowest BCUT2D eigenvalue weighted by molar-refractivity contribution is 0.316. The highest BCUT2D eigenvalue weighted by Crippen LogP contribution is 2.29. The zero-order chi connectivity index (χ0) is 14.1. The minimum Gasteiger partial charge on any atom is -0.397 e. The van der Waals surface area contributed by atoms with Gasteiger partial charge in [0.05, 0.1) is 28.7 Å². The Morgan fingerprint density at radius 2 is 1.90 bits per heavy atom. The van der Waals surface area contributed by atoms with Crippen molar-refractivity contribution in [2.24, 2.45) is 0 Å². The second-order valence-corrected chi connectivity index (χ2v) is 4.10. The van der Waals surface area contributed by atoms with Crippen LogP contribution in [0.1, 0.15) is 5.56 Å². The van der Waals surface area contributed by atoms with Crippen LogP contribution in [0.5, 0.6) is 0 Å². The first-order chi connectivity index (χ1) is 9.69. The van der Waals surface area contributed by atoms with E-state index in [4.69, 9.17) is 11.0 Å². The van der Waals surface area contributed by atoms with E-state index in [9.17, 15) is 4.39 Å². The Hall–Kier alpha value is -3.14. The molecule has 0 saturated heterocycles. The van der Waals surface area contributed by atoms with Crippen molar-refractivity contribution in [2.45, 2.75) is 0 Å². The molecule has 6 nitrogen and oxygen atoms in total. The number of hydrogen-bond acceptors (Lipinski definition) is 6. The molecule has 98 valence electrons. The first-order valence-corrected chi connectivity index (χ1v) is 5.66. The summed E-state index contributed by atoms with van der Waals surface area (Å²) in [5.41, 5.74) is 7.95. The highest BCUT2D eigenvalue weighted by Gasteiger charge is 2.12. The maximum Gasteiger partial charge on any atom is 0.160 e. The van der Waals surface area contributed by atoms with Crippen LogP contribution >= 0.6 is 0 Å². The minimum atomic E-state index is -0.537. The molecule has 1 heterocycles. The van der Waals surface area contributed by atoms with Gasteiger partial charge in [-0.15, -0.1) is 0 Å². The summed E-state index contributed by atoms with van der Waals surface area (Å²) in [4.78, 5) is 0. The fraction of sp³-hybridized carbons (Fsp3) is 0. The zero-order valence-corrected chi connectivity index (χ0v) is 10.1. The average Bonchev–Trinajstić information content (AvgIpc) is 2.94. The molecular weight excluding hydrogens is 261 g/mol. The first kappa shape index (κ1) is 11.9. The number of nitrogens with one attached hydrogen (secondary N) is 1. The minimum absolute atomic E-state index is 0.220. The number of nitrogens with zero attached hydrogens (tertiary/aromatic N) is 3. The Labute approximate surface area is 112 Å². The number of halogens is 1. The molecule has 0 bridgehead atoms. The molecule has 7 heteroatoms. The van der Waals surface area contributed by atoms with Crippen molar-refractivity contribution >= 4 is 28.1 Å². The Balaban J connectivity index is 2.04. The SMILES string of the molecule is N#Cc1ccc(Nc2ccc(N)c3nonc23)c(F)c1. The quantitative estimate of drug-likeness (QED) is 0.693. The van der Waals surface area contributed by atoms with Crippen LogP contribution in [0.2, 0.25) is 0 Å². The number of rotatable bonds is 2. The lowest BCUT2D eigenvalue weighted by atomic mass is 10.2. The van der Waals surface area contributed by atoms with E-state index in [-0.39, 0.29) is 11.3 Å². The molecule has 0 atom stereocenters. The van der Waals surface area contributed by atoms with Crippen molar-refractivity contribution in [3.63, 3.8) is 0 Å². The Morgan fingerprint density at radius 1 is 1.15 bits per heavy atom. The van der Waals surface area contributed by atoms with Crippen LogP contribution in [0.15, 0.2) is 35.0 Å². The topological polar surface area (TPSA) is 101 Å². The monoisotopic (exact) mass is 269 g/mol. The summed E-state index contributed by atoms with van der Waals surface area (Å²) in [6.07, 6.45) is 0. The van der Waals surface area contributed by atoms with Gasteiger partial charge in [-0.2, -0.15) is 5.26 Å². The van der Waals surface area contributed by atoms with Crippen LogP contribution in [0.4, 0.5) is 21.5 Å². The summed E-state index contributed by atoms with van der Waals surface area (Å²) in [6, 6.07) is 9.29. The van der Waals surface area contributed by atoms with E-state index in [0.717, 1.165) is 6.07 Å². The van der Waals surface area contributed by atoms with Gasteiger partial charge in [-0.3, -0.25) is 0 Å². The van der Waals surface area contributed by atoms with Crippen LogP contribution in [0.3, 0.4) is 0 Å². The molecule has 0 aliphatic rings. The number of nitrogen functional groups attached to an aromatic ring is 1. The van der Waals surface area contributed by atoms with E-state index < -0.39 is 5.82 Å². The number of nitriles is 1. The smallest absolute Gasteiger partial charge is 0.160 e. The van der Waals surface area contributed by atoms with Gasteiger partial charge in [0, 0.05) is 0 Å². The number of nitrogens with two attached hydrogens (primary N) is 1. The van der Waals surface area contributed by atoms with Crippen LogP contribution in [-0.2, 0) is 0 Å². The Kier molecular flexibility index (Phi) is 2.69. The molecule has 0 radical (unpaired) electrons. The van der Waals surface area contributed by atoms with Crippen molar-refractivity contribution in [3.8, 4) is 6.07 Å². The summed E-state index contributed by atoms with van der Waals surface area (Å²) in [6.45, 7) is 0. The summed E-state index contributed by atoms with van der Waals surface area (Å²) in [5, 5.41) is 19.0. The molecule has 3 rings (SSSR count). The molecule has 3 aromatic rings. The molecule has 0 aliphatic carbocycles. The van der Waals surface area contributed by atoms with Gasteiger partial charge in [-0.05, 0) is 40.6 Å². The number of fused-ring (bicyclic) bond motifs is 1. The molecule has 0 saturated carbocycles. The summed E-state index contributed by atoms with van der Waals surface area (Å²) >= 11 is 0. The van der Waals surface area contributed by atoms with Crippen molar-refractivity contribution in [1.82, 2.24) is 10.3 Å². The van der Waals surface area contributed by atoms with E-state index in [2.05, 4.69) is 20.3 Å². The fourth-order valence-corrected chi connectivity index (χ4v) is 1.82. The maximum atomic E-state index is 13.8. The molecule has 3 N–H and O–H groups in total. The predicted octanol–water partition coefficient (Wildman–Crippen LogP) is 2.56. The average molecular weight is 269 g/mol. The molecular formula is C13H8FN5O. The molecule has 0 spiro atoms. The van der Waals surface area contributed by atoms with Crippen LogP contribution in [-0.4, -0.2) is 10.3 Å². The molecule has 0 fully saturated rings. The second kappa shape index (κ2) is 4.51. The van der Waals surface area contributed by atoms with Gasteiger partial charge in [0.1, 0.15) is 5.82 Å². The van der Waals surface area contributed by atoms with Crippen molar-refractivity contribution in [1.29, 1.82) is 5.26 Å². The van der Waals surface area contributed by atoms with Gasteiger partial charge >= 0.3 is 0 Å². The standard InChI is InChI=1S/C13H8FN5O/c14-8-5-7(6-15)1-3-10(8)17-11-4-2-9(16)12-13(11)19-20-18-12/h1-5,17H,16H2. The molecule has 0 aliphatic heterocycles. The highest BCUT2D eigenvalue weighted by atomic mass is 19.1. The zero-order valence-electron chi connectivity index (χ0n) is 10.1. The van der Waals surface area contributed by atoms with E-state index in [1.807, 2.05) is 6.07 Å². The van der Waals surface area contributed by atoms with Gasteiger partial charge in [0.15, 0.2) is 11.0 Å². The van der Waals surface area contributed by atoms with Gasteiger partial charge in [0.2, 0.25) is 0 Å². The van der Waals surface area contributed by atoms with Crippen molar-refractivity contribution < 1.29 is 9.02 Å². The molecule has 2 aromatic carbocycles. The van der Waals surface area contributed by atoms with Gasteiger partial charge < -0.3 is 11.1 Å². The largest absolute Gasteiger partial charge is 0.397 e. The van der Waals surface area contributed by atoms with Crippen LogP contribution in [0.25, 0.3) is 11.0 Å². The summed E-state index contributed by atoms with van der Waals surface area (Å²) in [7, 11) is 0. The Morgan fingerprint density at radius 3 is 2.65 bits per heavy atom. The van der Waals surface area contributed by atoms with E-state index in [1.54, 1.807) is 12.1 Å². The molecule has 1 aromatic heterocycles. The third-order valence-electron chi connectivity index (χ3n) is 2.81. The molecule has 20 heavy (non-hydrogen) atoms. The third-order valence-corrected chi connectivity index (χ3v) is 2.81. The number of hydrogen-bond donors (Lipinski definition) is 2.